The van der Waals surface area contributed by atoms with Gasteiger partial charge in [0.2, 0.25) is 11.8 Å². The van der Waals surface area contributed by atoms with Gasteiger partial charge in [0.05, 0.1) is 36.7 Å². The second-order valence-corrected chi connectivity index (χ2v) is 6.18. The molecule has 1 amide bonds. The number of carbonyl (C=O) groups is 1. The Morgan fingerprint density at radius 2 is 1.76 bits per heavy atom. The van der Waals surface area contributed by atoms with Crippen molar-refractivity contribution >= 4 is 34.9 Å². The molecule has 0 atom stereocenters. The zero-order valence-corrected chi connectivity index (χ0v) is 17.1. The number of anilines is 4. The number of nitrogens with zero attached hydrogens (tertiary/aromatic N) is 3. The average molecular weight is 462 g/mol. The van der Waals surface area contributed by atoms with Crippen molar-refractivity contribution in [2.24, 2.45) is 5.73 Å². The van der Waals surface area contributed by atoms with E-state index in [0.29, 0.717) is 0 Å². The number of hydrogen-bond donors (Lipinski definition) is 3. The largest absolute Gasteiger partial charge is 0.495 e. The van der Waals surface area contributed by atoms with Crippen LogP contribution in [-0.4, -0.2) is 35.2 Å². The summed E-state index contributed by atoms with van der Waals surface area (Å²) in [6, 6.07) is 5.89. The molecule has 4 N–H and O–H groups in total. The molecule has 0 fully saturated rings. The van der Waals surface area contributed by atoms with Crippen molar-refractivity contribution in [3.8, 4) is 17.2 Å². The molecule has 0 aliphatic carbocycles. The number of nitrogens with one attached hydrogen (secondary N) is 2. The minimum atomic E-state index is -1.10. The lowest BCUT2D eigenvalue weighted by atomic mass is 10.2. The number of aromatic nitrogens is 2. The van der Waals surface area contributed by atoms with E-state index in [4.69, 9.17) is 19.9 Å². The predicted octanol–water partition coefficient (Wildman–Crippen LogP) is 3.62. The van der Waals surface area contributed by atoms with E-state index in [1.54, 1.807) is 0 Å². The van der Waals surface area contributed by atoms with E-state index in [1.165, 1.54) is 32.4 Å². The molecule has 172 valence electrons. The second-order valence-electron chi connectivity index (χ2n) is 6.18. The van der Waals surface area contributed by atoms with Crippen LogP contribution >= 0.6 is 0 Å². The Kier molecular flexibility index (Phi) is 6.66. The first kappa shape index (κ1) is 22.9. The molecule has 3 aromatic rings. The van der Waals surface area contributed by atoms with Gasteiger partial charge in [-0.05, 0) is 12.1 Å². The number of amides is 1. The first-order valence-electron chi connectivity index (χ1n) is 8.95. The molecule has 0 aliphatic rings. The lowest BCUT2D eigenvalue weighted by Gasteiger charge is -2.14. The molecule has 1 heterocycles. The summed E-state index contributed by atoms with van der Waals surface area (Å²) < 4.78 is 43.2. The van der Waals surface area contributed by atoms with E-state index in [9.17, 15) is 23.7 Å². The average Bonchev–Trinajstić information content (AvgIpc) is 2.76. The molecule has 0 radical (unpaired) electrons. The third-order valence-corrected chi connectivity index (χ3v) is 4.10. The number of nitrogens with two attached hydrogens (primary N) is 1. The quantitative estimate of drug-likeness (QED) is 0.333. The number of carbonyl (C=O) groups excluding carboxylic acids is 1. The van der Waals surface area contributed by atoms with Gasteiger partial charge in [-0.25, -0.2) is 14.2 Å². The Balaban J connectivity index is 1.95. The van der Waals surface area contributed by atoms with Gasteiger partial charge in [-0.15, -0.1) is 0 Å². The highest BCUT2D eigenvalue weighted by molar-refractivity contribution is 5.72. The molecule has 0 saturated carbocycles. The Morgan fingerprint density at radius 1 is 1.06 bits per heavy atom. The number of methoxy groups -OCH3 is 2. The maximum atomic E-state index is 14.4. The molecule has 0 spiro atoms. The first-order valence-corrected chi connectivity index (χ1v) is 8.95. The van der Waals surface area contributed by atoms with Gasteiger partial charge in [-0.2, -0.15) is 9.37 Å². The molecule has 12 nitrogen and oxygen atoms in total. The van der Waals surface area contributed by atoms with Crippen LogP contribution in [0.15, 0.2) is 36.5 Å². The van der Waals surface area contributed by atoms with E-state index < -0.39 is 28.3 Å². The number of rotatable bonds is 8. The highest BCUT2D eigenvalue weighted by Crippen LogP contribution is 2.35. The molecule has 2 aromatic carbocycles. The van der Waals surface area contributed by atoms with E-state index in [1.807, 2.05) is 0 Å². The van der Waals surface area contributed by atoms with Crippen LogP contribution in [0.25, 0.3) is 0 Å². The van der Waals surface area contributed by atoms with E-state index >= 15 is 0 Å². The van der Waals surface area contributed by atoms with Crippen LogP contribution in [-0.2, 0) is 0 Å². The minimum Gasteiger partial charge on any atom is -0.495 e. The van der Waals surface area contributed by atoms with Crippen LogP contribution in [0.3, 0.4) is 0 Å². The van der Waals surface area contributed by atoms with Crippen LogP contribution < -0.4 is 30.6 Å². The van der Waals surface area contributed by atoms with Crippen molar-refractivity contribution in [2.45, 2.75) is 0 Å². The summed E-state index contributed by atoms with van der Waals surface area (Å²) in [5.41, 5.74) is 4.34. The van der Waals surface area contributed by atoms with Crippen LogP contribution in [0.4, 0.5) is 42.4 Å². The number of benzene rings is 2. The number of nitro groups is 1. The fourth-order valence-electron chi connectivity index (χ4n) is 2.68. The van der Waals surface area contributed by atoms with Crippen LogP contribution in [0.5, 0.6) is 17.2 Å². The summed E-state index contributed by atoms with van der Waals surface area (Å²) in [7, 11) is 2.60. The molecule has 0 saturated heterocycles. The summed E-state index contributed by atoms with van der Waals surface area (Å²) >= 11 is 0. The predicted molar refractivity (Wildman–Crippen MR) is 111 cm³/mol. The van der Waals surface area contributed by atoms with E-state index in [-0.39, 0.29) is 40.4 Å². The zero-order valence-electron chi connectivity index (χ0n) is 17.1. The molecule has 0 unspecified atom stereocenters. The molecule has 0 aliphatic heterocycles. The van der Waals surface area contributed by atoms with Gasteiger partial charge < -0.3 is 30.6 Å². The number of primary amides is 1. The lowest BCUT2D eigenvalue weighted by molar-refractivity contribution is -0.387. The third-order valence-electron chi connectivity index (χ3n) is 4.10. The SMILES string of the molecule is COc1cc(F)c([N+](=O)[O-])cc1Nc1ncc(F)c(Nc2cc(OC(N)=O)ccc2OC)n1. The Hall–Kier alpha value is -4.75. The van der Waals surface area contributed by atoms with Crippen LogP contribution in [0.1, 0.15) is 0 Å². The summed E-state index contributed by atoms with van der Waals surface area (Å²) in [5.74, 6) is -2.23. The second kappa shape index (κ2) is 9.59. The van der Waals surface area contributed by atoms with Gasteiger partial charge >= 0.3 is 11.8 Å². The Morgan fingerprint density at radius 3 is 2.39 bits per heavy atom. The number of hydrogen-bond acceptors (Lipinski definition) is 10. The highest BCUT2D eigenvalue weighted by Gasteiger charge is 2.20. The van der Waals surface area contributed by atoms with Gasteiger partial charge in [0.1, 0.15) is 17.2 Å². The number of halogens is 2. The molecule has 3 rings (SSSR count). The van der Waals surface area contributed by atoms with Crippen LogP contribution in [0.2, 0.25) is 0 Å². The maximum absolute atomic E-state index is 14.4. The maximum Gasteiger partial charge on any atom is 0.409 e. The summed E-state index contributed by atoms with van der Waals surface area (Å²) in [6.07, 6.45) is -0.216. The molecular formula is C19H16F2N6O6. The smallest absolute Gasteiger partial charge is 0.409 e. The fourth-order valence-corrected chi connectivity index (χ4v) is 2.68. The van der Waals surface area contributed by atoms with Gasteiger partial charge in [-0.1, -0.05) is 0 Å². The summed E-state index contributed by atoms with van der Waals surface area (Å²) in [6.45, 7) is 0. The zero-order chi connectivity index (χ0) is 24.1. The molecule has 0 bridgehead atoms. The molecule has 1 aromatic heterocycles. The monoisotopic (exact) mass is 462 g/mol. The van der Waals surface area contributed by atoms with E-state index in [2.05, 4.69) is 20.6 Å². The van der Waals surface area contributed by atoms with Crippen molar-refractivity contribution in [1.82, 2.24) is 9.97 Å². The van der Waals surface area contributed by atoms with Gasteiger partial charge in [-0.3, -0.25) is 10.1 Å². The van der Waals surface area contributed by atoms with E-state index in [0.717, 1.165) is 18.3 Å². The first-order chi connectivity index (χ1) is 15.7. The lowest BCUT2D eigenvalue weighted by Crippen LogP contribution is -2.16. The summed E-state index contributed by atoms with van der Waals surface area (Å²) in [4.78, 5) is 28.9. The fraction of sp³-hybridized carbons (Fsp3) is 0.105. The minimum absolute atomic E-state index is 0.0300. The molecule has 14 heteroatoms. The molecule has 33 heavy (non-hydrogen) atoms. The topological polar surface area (TPSA) is 164 Å². The number of nitro benzene ring substituents is 1. The standard InChI is InChI=1S/C19H16F2N6O6/c1-31-15-4-3-9(33-18(22)28)5-12(15)24-17-11(21)8-23-19(26-17)25-13-7-14(27(29)30)10(20)6-16(13)32-2/h3-8H,1-2H3,(H2,22,28)(H2,23,24,25,26). The summed E-state index contributed by atoms with van der Waals surface area (Å²) in [5, 5.41) is 16.3. The van der Waals surface area contributed by atoms with Crippen molar-refractivity contribution in [1.29, 1.82) is 0 Å². The van der Waals surface area contributed by atoms with Crippen LogP contribution in [0, 0.1) is 21.7 Å². The highest BCUT2D eigenvalue weighted by atomic mass is 19.1. The van der Waals surface area contributed by atoms with Crippen molar-refractivity contribution in [2.75, 3.05) is 24.9 Å². The molecular weight excluding hydrogens is 446 g/mol. The van der Waals surface area contributed by atoms with Crippen molar-refractivity contribution in [3.63, 3.8) is 0 Å². The van der Waals surface area contributed by atoms with Gasteiger partial charge in [0.15, 0.2) is 11.6 Å². The Labute approximate surface area is 184 Å². The van der Waals surface area contributed by atoms with Crippen molar-refractivity contribution < 1.29 is 32.7 Å². The normalized spacial score (nSPS) is 10.3. The van der Waals surface area contributed by atoms with Gasteiger partial charge in [0, 0.05) is 18.2 Å². The third kappa shape index (κ3) is 5.30. The Bertz CT molecular complexity index is 1230. The van der Waals surface area contributed by atoms with Gasteiger partial charge in [0.25, 0.3) is 0 Å². The number of ether oxygens (including phenoxy) is 3. The van der Waals surface area contributed by atoms with Crippen molar-refractivity contribution in [3.05, 3.63) is 58.3 Å².